The molecule has 2 aromatic rings. The third-order valence-corrected chi connectivity index (χ3v) is 3.73. The molecule has 0 radical (unpaired) electrons. The van der Waals surface area contributed by atoms with E-state index in [0.29, 0.717) is 0 Å². The maximum atomic E-state index is 4.35. The van der Waals surface area contributed by atoms with Crippen LogP contribution < -0.4 is 0 Å². The van der Waals surface area contributed by atoms with Crippen LogP contribution in [-0.2, 0) is 26.2 Å². The molecular formula is C15H22N6. The predicted molar refractivity (Wildman–Crippen MR) is 80.4 cm³/mol. The van der Waals surface area contributed by atoms with Gasteiger partial charge in [0.25, 0.3) is 0 Å². The fraction of sp³-hybridized carbons (Fsp3) is 0.533. The van der Waals surface area contributed by atoms with Gasteiger partial charge in [0.1, 0.15) is 5.69 Å². The van der Waals surface area contributed by atoms with Crippen LogP contribution in [-0.4, -0.2) is 50.4 Å². The average Bonchev–Trinajstić information content (AvgIpc) is 2.70. The summed E-state index contributed by atoms with van der Waals surface area (Å²) in [5.74, 6) is 0. The Labute approximate surface area is 125 Å². The van der Waals surface area contributed by atoms with Crippen LogP contribution in [0.4, 0.5) is 0 Å². The summed E-state index contributed by atoms with van der Waals surface area (Å²) < 4.78 is 2.07. The van der Waals surface area contributed by atoms with Crippen LogP contribution in [0.15, 0.2) is 24.5 Å². The summed E-state index contributed by atoms with van der Waals surface area (Å²) in [6, 6.07) is 4.13. The van der Waals surface area contributed by atoms with Crippen molar-refractivity contribution in [3.8, 4) is 0 Å². The molecule has 0 saturated carbocycles. The van der Waals surface area contributed by atoms with Crippen LogP contribution in [0.1, 0.15) is 23.4 Å². The molecule has 0 bridgehead atoms. The average molecular weight is 286 g/mol. The molecule has 21 heavy (non-hydrogen) atoms. The topological polar surface area (TPSA) is 50.1 Å². The van der Waals surface area contributed by atoms with Gasteiger partial charge >= 0.3 is 0 Å². The Morgan fingerprint density at radius 1 is 1.29 bits per heavy atom. The lowest BCUT2D eigenvalue weighted by Gasteiger charge is -2.20. The van der Waals surface area contributed by atoms with E-state index in [1.54, 1.807) is 0 Å². The van der Waals surface area contributed by atoms with Crippen molar-refractivity contribution < 1.29 is 0 Å². The number of hydrogen-bond acceptors (Lipinski definition) is 5. The minimum atomic E-state index is 0.843. The first-order valence-electron chi connectivity index (χ1n) is 7.39. The molecule has 0 spiro atoms. The molecule has 6 heteroatoms. The highest BCUT2D eigenvalue weighted by molar-refractivity contribution is 5.13. The van der Waals surface area contributed by atoms with E-state index in [-0.39, 0.29) is 0 Å². The predicted octanol–water partition coefficient (Wildman–Crippen LogP) is 1.14. The number of fused-ring (bicyclic) bond motifs is 1. The molecule has 1 aliphatic rings. The number of aromatic nitrogens is 4. The molecule has 0 unspecified atom stereocenters. The largest absolute Gasteiger partial charge is 0.303 e. The third kappa shape index (κ3) is 3.46. The van der Waals surface area contributed by atoms with Gasteiger partial charge in [-0.05, 0) is 32.1 Å². The Kier molecular flexibility index (Phi) is 4.26. The van der Waals surface area contributed by atoms with E-state index < -0.39 is 0 Å². The Bertz CT molecular complexity index is 577. The summed E-state index contributed by atoms with van der Waals surface area (Å²) in [7, 11) is 4.13. The Balaban J connectivity index is 1.76. The van der Waals surface area contributed by atoms with Gasteiger partial charge in [-0.25, -0.2) is 4.68 Å². The van der Waals surface area contributed by atoms with Crippen LogP contribution in [0.25, 0.3) is 0 Å². The van der Waals surface area contributed by atoms with Crippen molar-refractivity contribution in [3.63, 3.8) is 0 Å². The lowest BCUT2D eigenvalue weighted by atomic mass is 10.2. The normalized spacial score (nSPS) is 16.0. The highest BCUT2D eigenvalue weighted by Crippen LogP contribution is 2.17. The number of rotatable bonds is 4. The van der Waals surface area contributed by atoms with Gasteiger partial charge in [-0.3, -0.25) is 9.88 Å². The van der Waals surface area contributed by atoms with E-state index in [2.05, 4.69) is 49.9 Å². The molecule has 112 valence electrons. The number of pyridine rings is 1. The molecule has 3 rings (SSSR count). The van der Waals surface area contributed by atoms with Gasteiger partial charge in [-0.15, -0.1) is 5.10 Å². The van der Waals surface area contributed by atoms with Gasteiger partial charge in [-0.1, -0.05) is 11.3 Å². The molecule has 0 N–H and O–H groups in total. The zero-order valence-electron chi connectivity index (χ0n) is 12.7. The minimum Gasteiger partial charge on any atom is -0.303 e. The smallest absolute Gasteiger partial charge is 0.101 e. The first-order valence-corrected chi connectivity index (χ1v) is 7.39. The Morgan fingerprint density at radius 2 is 2.19 bits per heavy atom. The van der Waals surface area contributed by atoms with Crippen LogP contribution in [0.2, 0.25) is 0 Å². The number of aryl methyl sites for hydroxylation is 1. The van der Waals surface area contributed by atoms with Crippen molar-refractivity contribution in [2.24, 2.45) is 0 Å². The molecule has 0 fully saturated rings. The summed E-state index contributed by atoms with van der Waals surface area (Å²) >= 11 is 0. The first kappa shape index (κ1) is 14.2. The maximum Gasteiger partial charge on any atom is 0.101 e. The van der Waals surface area contributed by atoms with Gasteiger partial charge in [-0.2, -0.15) is 0 Å². The van der Waals surface area contributed by atoms with Crippen molar-refractivity contribution in [1.82, 2.24) is 29.8 Å². The molecule has 6 nitrogen and oxygen atoms in total. The highest BCUT2D eigenvalue weighted by atomic mass is 15.4. The Hall–Kier alpha value is -1.79. The van der Waals surface area contributed by atoms with E-state index in [0.717, 1.165) is 44.8 Å². The zero-order valence-corrected chi connectivity index (χ0v) is 12.7. The van der Waals surface area contributed by atoms with E-state index in [1.165, 1.54) is 11.3 Å². The van der Waals surface area contributed by atoms with Crippen LogP contribution in [0.5, 0.6) is 0 Å². The quantitative estimate of drug-likeness (QED) is 0.843. The van der Waals surface area contributed by atoms with Gasteiger partial charge in [0.15, 0.2) is 0 Å². The highest BCUT2D eigenvalue weighted by Gasteiger charge is 2.20. The second-order valence-corrected chi connectivity index (χ2v) is 5.87. The number of hydrogen-bond donors (Lipinski definition) is 0. The fourth-order valence-corrected chi connectivity index (χ4v) is 2.76. The monoisotopic (exact) mass is 286 g/mol. The van der Waals surface area contributed by atoms with Crippen LogP contribution >= 0.6 is 0 Å². The van der Waals surface area contributed by atoms with E-state index in [9.17, 15) is 0 Å². The second-order valence-electron chi connectivity index (χ2n) is 5.87. The van der Waals surface area contributed by atoms with Crippen molar-refractivity contribution in [1.29, 1.82) is 0 Å². The summed E-state index contributed by atoms with van der Waals surface area (Å²) in [4.78, 5) is 8.80. The lowest BCUT2D eigenvalue weighted by molar-refractivity contribution is 0.258. The summed E-state index contributed by atoms with van der Waals surface area (Å²) in [5, 5.41) is 8.67. The standard InChI is InChI=1S/C15H22N6/c1-19(2)11-14-15-12-20(7-4-8-21(15)18-17-14)10-13-5-3-6-16-9-13/h3,5-6,9H,4,7-8,10-12H2,1-2H3. The van der Waals surface area contributed by atoms with Crippen LogP contribution in [0.3, 0.4) is 0 Å². The summed E-state index contributed by atoms with van der Waals surface area (Å²) in [6.45, 7) is 4.72. The summed E-state index contributed by atoms with van der Waals surface area (Å²) in [5.41, 5.74) is 3.61. The van der Waals surface area contributed by atoms with Crippen molar-refractivity contribution in [2.75, 3.05) is 20.6 Å². The minimum absolute atomic E-state index is 0.843. The molecule has 0 atom stereocenters. The first-order chi connectivity index (χ1) is 10.2. The van der Waals surface area contributed by atoms with Crippen molar-refractivity contribution in [3.05, 3.63) is 41.5 Å². The van der Waals surface area contributed by atoms with Gasteiger partial charge in [0, 0.05) is 45.1 Å². The van der Waals surface area contributed by atoms with Crippen molar-refractivity contribution in [2.45, 2.75) is 32.6 Å². The molecule has 0 saturated heterocycles. The maximum absolute atomic E-state index is 4.35. The SMILES string of the molecule is CN(C)Cc1nnn2c1CN(Cc1cccnc1)CCC2. The third-order valence-electron chi connectivity index (χ3n) is 3.73. The Morgan fingerprint density at radius 3 is 2.95 bits per heavy atom. The van der Waals surface area contributed by atoms with E-state index >= 15 is 0 Å². The van der Waals surface area contributed by atoms with Gasteiger partial charge in [0.05, 0.1) is 5.69 Å². The molecule has 2 aromatic heterocycles. The molecule has 3 heterocycles. The summed E-state index contributed by atoms with van der Waals surface area (Å²) in [6.07, 6.45) is 4.87. The van der Waals surface area contributed by atoms with Crippen LogP contribution in [0, 0.1) is 0 Å². The number of nitrogens with zero attached hydrogens (tertiary/aromatic N) is 6. The fourth-order valence-electron chi connectivity index (χ4n) is 2.76. The molecule has 1 aliphatic heterocycles. The second kappa shape index (κ2) is 6.32. The zero-order chi connectivity index (χ0) is 14.7. The molecule has 0 amide bonds. The van der Waals surface area contributed by atoms with E-state index in [4.69, 9.17) is 0 Å². The molecule has 0 aromatic carbocycles. The molecule has 0 aliphatic carbocycles. The molecular weight excluding hydrogens is 264 g/mol. The van der Waals surface area contributed by atoms with Gasteiger partial charge in [0.2, 0.25) is 0 Å². The van der Waals surface area contributed by atoms with E-state index in [1.807, 2.05) is 18.5 Å². The lowest BCUT2D eigenvalue weighted by Crippen LogP contribution is -2.24. The van der Waals surface area contributed by atoms with Crippen molar-refractivity contribution >= 4 is 0 Å². The van der Waals surface area contributed by atoms with Gasteiger partial charge < -0.3 is 4.90 Å².